The van der Waals surface area contributed by atoms with Crippen LogP contribution >= 0.6 is 0 Å². The highest BCUT2D eigenvalue weighted by molar-refractivity contribution is 5.99. The molecule has 10 rings (SSSR count). The average molecular weight is 961 g/mol. The van der Waals surface area contributed by atoms with Crippen LogP contribution in [0.3, 0.4) is 0 Å². The predicted octanol–water partition coefficient (Wildman–Crippen LogP) is 7.70. The van der Waals surface area contributed by atoms with Crippen LogP contribution in [0.15, 0.2) is 171 Å². The first kappa shape index (κ1) is 48.6. The number of carbonyl (C=O) groups excluding carboxylic acids is 4. The van der Waals surface area contributed by atoms with E-state index in [1.54, 1.807) is 24.9 Å². The maximum Gasteiger partial charge on any atom is 0.253 e. The van der Waals surface area contributed by atoms with Gasteiger partial charge in [0, 0.05) is 102 Å². The number of hydrogen-bond donors (Lipinski definition) is 2. The van der Waals surface area contributed by atoms with Crippen LogP contribution < -0.4 is 20.4 Å². The number of aromatic nitrogens is 4. The fourth-order valence-corrected chi connectivity index (χ4v) is 9.10. The van der Waals surface area contributed by atoms with Gasteiger partial charge in [-0.3, -0.25) is 19.2 Å². The fourth-order valence-electron chi connectivity index (χ4n) is 9.10. The molecule has 0 unspecified atom stereocenters. The Morgan fingerprint density at radius 2 is 1.04 bits per heavy atom. The first-order valence-electron chi connectivity index (χ1n) is 24.8. The zero-order chi connectivity index (χ0) is 49.5. The monoisotopic (exact) mass is 960 g/mol. The largest absolute Gasteiger partial charge is 0.353 e. The van der Waals surface area contributed by atoms with E-state index in [0.717, 1.165) is 77.8 Å². The molecule has 0 atom stereocenters. The number of benzene rings is 5. The fraction of sp³-hybridized carbons (Fsp3) is 0.259. The highest BCUT2D eigenvalue weighted by Gasteiger charge is 2.24. The Bertz CT molecular complexity index is 3060. The molecular formula is C58H60N10O4. The van der Waals surface area contributed by atoms with Crippen LogP contribution in [0.4, 0.5) is 11.6 Å². The predicted molar refractivity (Wildman–Crippen MR) is 283 cm³/mol. The van der Waals surface area contributed by atoms with Gasteiger partial charge in [-0.05, 0) is 88.3 Å². The molecule has 14 nitrogen and oxygen atoms in total. The van der Waals surface area contributed by atoms with Gasteiger partial charge in [-0.2, -0.15) is 0 Å². The maximum absolute atomic E-state index is 13.0. The number of piperazine rings is 2. The van der Waals surface area contributed by atoms with Crippen LogP contribution in [0.2, 0.25) is 0 Å². The summed E-state index contributed by atoms with van der Waals surface area (Å²) in [6.07, 6.45) is 11.8. The number of pyridine rings is 2. The van der Waals surface area contributed by atoms with Gasteiger partial charge in [0.2, 0.25) is 5.91 Å². The molecule has 72 heavy (non-hydrogen) atoms. The lowest BCUT2D eigenvalue weighted by atomic mass is 10.0. The summed E-state index contributed by atoms with van der Waals surface area (Å²) in [5.74, 6) is 1.64. The van der Waals surface area contributed by atoms with Gasteiger partial charge in [-0.1, -0.05) is 103 Å². The Balaban J connectivity index is 0.000000178. The van der Waals surface area contributed by atoms with Crippen LogP contribution in [0.25, 0.3) is 21.5 Å². The maximum atomic E-state index is 13.0. The molecule has 14 heteroatoms. The summed E-state index contributed by atoms with van der Waals surface area (Å²) in [4.78, 5) is 72.0. The SMILES string of the molecule is O=C(NCCCc1ccccc1)c1ccc(N2CCN(C(=O)c3ccc4ccccc4c3)CC2)nc1.O=C(NCCCn1ccnc1)c1ccc(N2CCN(C(=O)Cc3ccc4ccccc4c3)CC2)nc1. The van der Waals surface area contributed by atoms with Crippen molar-refractivity contribution in [3.8, 4) is 0 Å². The molecule has 0 bridgehead atoms. The molecule has 3 aromatic heterocycles. The number of carbonyl (C=O) groups is 4. The molecule has 0 spiro atoms. The zero-order valence-electron chi connectivity index (χ0n) is 40.5. The molecule has 5 heterocycles. The van der Waals surface area contributed by atoms with E-state index in [-0.39, 0.29) is 23.6 Å². The minimum Gasteiger partial charge on any atom is -0.353 e. The number of aryl methyl sites for hydroxylation is 2. The lowest BCUT2D eigenvalue weighted by Gasteiger charge is -2.35. The van der Waals surface area contributed by atoms with Crippen molar-refractivity contribution in [2.75, 3.05) is 75.2 Å². The number of fused-ring (bicyclic) bond motifs is 2. The molecule has 5 aromatic carbocycles. The van der Waals surface area contributed by atoms with Crippen molar-refractivity contribution in [3.05, 3.63) is 198 Å². The standard InChI is InChI=1S/C30H30N4O2.C28H30N6O2/c35-29(31-16-6-9-23-7-2-1-3-8-23)27-14-15-28(32-22-27)33-17-19-34(20-18-33)30(36)26-13-12-24-10-4-5-11-25(24)21-26;35-27(19-22-6-7-23-4-1-2-5-24(23)18-22)34-16-14-33(15-17-34)26-9-8-25(20-31-26)28(36)30-10-3-12-32-13-11-29-21-32/h1-5,7-8,10-15,21-22H,6,9,16-20H2,(H,31,35);1-2,4-9,11,13,18,20-21H,3,10,12,14-17,19H2,(H,30,36). The van der Waals surface area contributed by atoms with E-state index < -0.39 is 0 Å². The van der Waals surface area contributed by atoms with Gasteiger partial charge in [0.15, 0.2) is 0 Å². The summed E-state index contributed by atoms with van der Waals surface area (Å²) < 4.78 is 1.99. The van der Waals surface area contributed by atoms with E-state index in [2.05, 4.69) is 77.8 Å². The van der Waals surface area contributed by atoms with Crippen LogP contribution in [0.1, 0.15) is 55.0 Å². The molecule has 0 saturated carbocycles. The van der Waals surface area contributed by atoms with Crippen LogP contribution in [0.5, 0.6) is 0 Å². The van der Waals surface area contributed by atoms with E-state index in [9.17, 15) is 19.2 Å². The minimum atomic E-state index is -0.121. The molecule has 4 amide bonds. The topological polar surface area (TPSA) is 149 Å². The van der Waals surface area contributed by atoms with Gasteiger partial charge in [-0.15, -0.1) is 0 Å². The lowest BCUT2D eigenvalue weighted by Crippen LogP contribution is -2.49. The van der Waals surface area contributed by atoms with Gasteiger partial charge in [0.05, 0.1) is 23.9 Å². The highest BCUT2D eigenvalue weighted by Crippen LogP contribution is 2.21. The van der Waals surface area contributed by atoms with E-state index in [1.807, 2.05) is 118 Å². The van der Waals surface area contributed by atoms with E-state index >= 15 is 0 Å². The van der Waals surface area contributed by atoms with Crippen molar-refractivity contribution >= 4 is 56.8 Å². The summed E-state index contributed by atoms with van der Waals surface area (Å²) in [5.41, 5.74) is 4.14. The molecular weight excluding hydrogens is 901 g/mol. The van der Waals surface area contributed by atoms with Crippen LogP contribution in [0, 0.1) is 0 Å². The smallest absolute Gasteiger partial charge is 0.253 e. The molecule has 0 radical (unpaired) electrons. The molecule has 2 saturated heterocycles. The molecule has 2 fully saturated rings. The van der Waals surface area contributed by atoms with Crippen molar-refractivity contribution < 1.29 is 19.2 Å². The Kier molecular flexibility index (Phi) is 16.2. The summed E-state index contributed by atoms with van der Waals surface area (Å²) >= 11 is 0. The number of hydrogen-bond acceptors (Lipinski definition) is 9. The Morgan fingerprint density at radius 3 is 1.62 bits per heavy atom. The lowest BCUT2D eigenvalue weighted by molar-refractivity contribution is -0.130. The first-order valence-corrected chi connectivity index (χ1v) is 24.8. The number of amides is 4. The van der Waals surface area contributed by atoms with Gasteiger partial charge >= 0.3 is 0 Å². The summed E-state index contributed by atoms with van der Waals surface area (Å²) in [6, 6.07) is 46.0. The second-order valence-electron chi connectivity index (χ2n) is 18.1. The number of rotatable bonds is 15. The van der Waals surface area contributed by atoms with E-state index in [4.69, 9.17) is 0 Å². The summed E-state index contributed by atoms with van der Waals surface area (Å²) in [7, 11) is 0. The Labute approximate surface area is 420 Å². The molecule has 2 aliphatic rings. The quantitative estimate of drug-likeness (QED) is 0.0987. The van der Waals surface area contributed by atoms with Crippen molar-refractivity contribution in [1.82, 2.24) is 40.0 Å². The number of nitrogens with zero attached hydrogens (tertiary/aromatic N) is 8. The first-order chi connectivity index (χ1) is 35.3. The highest BCUT2D eigenvalue weighted by atomic mass is 16.2. The number of imidazole rings is 1. The van der Waals surface area contributed by atoms with Crippen molar-refractivity contribution in [1.29, 1.82) is 0 Å². The van der Waals surface area contributed by atoms with E-state index in [1.165, 1.54) is 10.9 Å². The van der Waals surface area contributed by atoms with Crippen molar-refractivity contribution in [2.45, 2.75) is 32.2 Å². The third kappa shape index (κ3) is 12.9. The van der Waals surface area contributed by atoms with Crippen LogP contribution in [-0.4, -0.2) is 118 Å². The van der Waals surface area contributed by atoms with Gasteiger partial charge < -0.3 is 34.8 Å². The second-order valence-corrected chi connectivity index (χ2v) is 18.1. The second kappa shape index (κ2) is 24.0. The molecule has 2 N–H and O–H groups in total. The Hall–Kier alpha value is -8.39. The van der Waals surface area contributed by atoms with E-state index in [0.29, 0.717) is 69.9 Å². The van der Waals surface area contributed by atoms with Crippen molar-refractivity contribution in [3.63, 3.8) is 0 Å². The molecule has 366 valence electrons. The van der Waals surface area contributed by atoms with Crippen LogP contribution in [-0.2, 0) is 24.2 Å². The zero-order valence-corrected chi connectivity index (χ0v) is 40.5. The summed E-state index contributed by atoms with van der Waals surface area (Å²) in [6.45, 7) is 7.47. The normalized spacial score (nSPS) is 13.6. The van der Waals surface area contributed by atoms with Gasteiger partial charge in [-0.25, -0.2) is 15.0 Å². The molecule has 0 aliphatic carbocycles. The average Bonchev–Trinajstić information content (AvgIpc) is 3.97. The third-order valence-corrected chi connectivity index (χ3v) is 13.2. The van der Waals surface area contributed by atoms with Gasteiger partial charge in [0.25, 0.3) is 17.7 Å². The van der Waals surface area contributed by atoms with Crippen molar-refractivity contribution in [2.24, 2.45) is 0 Å². The molecule has 8 aromatic rings. The molecule has 2 aliphatic heterocycles. The van der Waals surface area contributed by atoms with Gasteiger partial charge in [0.1, 0.15) is 11.6 Å². The minimum absolute atomic E-state index is 0.0626. The number of nitrogens with one attached hydrogen (secondary N) is 2. The Morgan fingerprint density at radius 1 is 0.500 bits per heavy atom. The third-order valence-electron chi connectivity index (χ3n) is 13.2. The summed E-state index contributed by atoms with van der Waals surface area (Å²) in [5, 5.41) is 10.5. The number of anilines is 2.